The summed E-state index contributed by atoms with van der Waals surface area (Å²) in [6.07, 6.45) is 0. The summed E-state index contributed by atoms with van der Waals surface area (Å²) in [6.45, 7) is 0. The highest BCUT2D eigenvalue weighted by molar-refractivity contribution is 6.34. The molecule has 2 heterocycles. The zero-order valence-corrected chi connectivity index (χ0v) is 27.8. The number of benzene rings is 8. The van der Waals surface area contributed by atoms with Gasteiger partial charge in [-0.1, -0.05) is 139 Å². The number of hydrogen-bond acceptors (Lipinski definition) is 1. The van der Waals surface area contributed by atoms with Gasteiger partial charge in [0.25, 0.3) is 0 Å². The Morgan fingerprint density at radius 3 is 1.50 bits per heavy atom. The number of halogens is 1. The van der Waals surface area contributed by atoms with Gasteiger partial charge < -0.3 is 4.57 Å². The van der Waals surface area contributed by atoms with Crippen molar-refractivity contribution in [2.75, 3.05) is 0 Å². The lowest BCUT2D eigenvalue weighted by molar-refractivity contribution is 1.16. The normalized spacial score (nSPS) is 11.7. The van der Waals surface area contributed by atoms with E-state index in [1.807, 2.05) is 6.07 Å². The zero-order chi connectivity index (χ0) is 33.2. The molecule has 0 atom stereocenters. The van der Waals surface area contributed by atoms with E-state index >= 15 is 0 Å². The second kappa shape index (κ2) is 11.4. The van der Waals surface area contributed by atoms with E-state index in [0.29, 0.717) is 0 Å². The molecule has 0 N–H and O–H groups in total. The third kappa shape index (κ3) is 4.61. The lowest BCUT2D eigenvalue weighted by Gasteiger charge is -2.15. The highest BCUT2D eigenvalue weighted by Gasteiger charge is 2.19. The lowest BCUT2D eigenvalue weighted by atomic mass is 9.93. The van der Waals surface area contributed by atoms with Crippen LogP contribution in [0, 0.1) is 0 Å². The van der Waals surface area contributed by atoms with Crippen LogP contribution < -0.4 is 0 Å². The quantitative estimate of drug-likeness (QED) is 0.172. The molecular formula is C47H29ClN2. The fraction of sp³-hybridized carbons (Fsp3) is 0. The topological polar surface area (TPSA) is 17.8 Å². The average molecular weight is 657 g/mol. The molecular weight excluding hydrogens is 628 g/mol. The summed E-state index contributed by atoms with van der Waals surface area (Å²) in [5.74, 6) is 0. The first-order chi connectivity index (χ1) is 24.7. The Morgan fingerprint density at radius 2 is 0.860 bits per heavy atom. The molecule has 0 spiro atoms. The first kappa shape index (κ1) is 28.8. The van der Waals surface area contributed by atoms with E-state index in [9.17, 15) is 0 Å². The number of fused-ring (bicyclic) bond motifs is 9. The van der Waals surface area contributed by atoms with Gasteiger partial charge >= 0.3 is 0 Å². The Bertz CT molecular complexity index is 2850. The molecule has 8 aromatic carbocycles. The second-order valence-electron chi connectivity index (χ2n) is 12.9. The highest BCUT2D eigenvalue weighted by Crippen LogP contribution is 2.43. The molecule has 10 aromatic rings. The van der Waals surface area contributed by atoms with E-state index in [1.165, 1.54) is 48.8 Å². The van der Waals surface area contributed by atoms with Crippen molar-refractivity contribution in [3.8, 4) is 39.3 Å². The smallest absolute Gasteiger partial charge is 0.0730 e. The molecule has 0 unspecified atom stereocenters. The minimum absolute atomic E-state index is 0.740. The van der Waals surface area contributed by atoms with Gasteiger partial charge in [-0.15, -0.1) is 0 Å². The Hall–Kier alpha value is -6.22. The molecule has 0 saturated carbocycles. The molecule has 0 aliphatic carbocycles. The van der Waals surface area contributed by atoms with Crippen LogP contribution in [0.25, 0.3) is 93.5 Å². The van der Waals surface area contributed by atoms with Crippen LogP contribution in [0.4, 0.5) is 0 Å². The van der Waals surface area contributed by atoms with Crippen LogP contribution >= 0.6 is 11.6 Å². The molecule has 0 amide bonds. The summed E-state index contributed by atoms with van der Waals surface area (Å²) >= 11 is 6.61. The molecule has 2 nitrogen and oxygen atoms in total. The summed E-state index contributed by atoms with van der Waals surface area (Å²) in [5, 5.41) is 10.4. The van der Waals surface area contributed by atoms with E-state index in [0.717, 1.165) is 49.6 Å². The summed E-state index contributed by atoms with van der Waals surface area (Å²) < 4.78 is 2.43. The van der Waals surface area contributed by atoms with Gasteiger partial charge in [-0.2, -0.15) is 0 Å². The van der Waals surface area contributed by atoms with Crippen molar-refractivity contribution < 1.29 is 0 Å². The van der Waals surface area contributed by atoms with Crippen molar-refractivity contribution in [1.29, 1.82) is 0 Å². The number of aromatic nitrogens is 2. The largest absolute Gasteiger partial charge is 0.309 e. The number of rotatable bonds is 4. The van der Waals surface area contributed by atoms with Crippen LogP contribution in [-0.2, 0) is 0 Å². The van der Waals surface area contributed by atoms with E-state index in [-0.39, 0.29) is 0 Å². The van der Waals surface area contributed by atoms with Gasteiger partial charge in [0, 0.05) is 26.9 Å². The van der Waals surface area contributed by atoms with Gasteiger partial charge in [-0.25, -0.2) is 4.98 Å². The molecule has 50 heavy (non-hydrogen) atoms. The lowest BCUT2D eigenvalue weighted by Crippen LogP contribution is -1.98. The molecule has 0 bridgehead atoms. The van der Waals surface area contributed by atoms with Crippen LogP contribution in [0.3, 0.4) is 0 Å². The number of hydrogen-bond donors (Lipinski definition) is 0. The van der Waals surface area contributed by atoms with Crippen molar-refractivity contribution in [1.82, 2.24) is 9.55 Å². The summed E-state index contributed by atoms with van der Waals surface area (Å²) in [7, 11) is 0. The van der Waals surface area contributed by atoms with Crippen LogP contribution in [0.1, 0.15) is 0 Å². The SMILES string of the molecule is Clc1ccc2c(c1)c1ccccc1c1cc3c4cc(-c5ccccc5)ccc4n(-c4cc(-c5ccccc5)nc(-c5ccccc5)c4)c3cc21. The van der Waals surface area contributed by atoms with E-state index < -0.39 is 0 Å². The first-order valence-corrected chi connectivity index (χ1v) is 17.3. The molecule has 0 aliphatic heterocycles. The standard InChI is InChI=1S/C47H29ClN2/c48-34-21-22-38-39(25-34)36-18-10-11-19-37(36)40-28-43-42-24-33(30-12-4-1-5-13-30)20-23-46(42)50(47(43)29-41(38)40)35-26-44(31-14-6-2-7-15-31)49-45(27-35)32-16-8-3-9-17-32/h1-29H. The zero-order valence-electron chi connectivity index (χ0n) is 27.0. The summed E-state index contributed by atoms with van der Waals surface area (Å²) in [6, 6.07) is 62.7. The van der Waals surface area contributed by atoms with Crippen LogP contribution in [-0.4, -0.2) is 9.55 Å². The third-order valence-electron chi connectivity index (χ3n) is 10.00. The van der Waals surface area contributed by atoms with Gasteiger partial charge in [0.2, 0.25) is 0 Å². The van der Waals surface area contributed by atoms with Gasteiger partial charge in [-0.05, 0) is 92.0 Å². The Labute approximate surface area is 294 Å². The number of nitrogens with zero attached hydrogens (tertiary/aromatic N) is 2. The van der Waals surface area contributed by atoms with Gasteiger partial charge in [0.1, 0.15) is 0 Å². The van der Waals surface area contributed by atoms with E-state index in [4.69, 9.17) is 16.6 Å². The monoisotopic (exact) mass is 656 g/mol. The van der Waals surface area contributed by atoms with E-state index in [1.54, 1.807) is 0 Å². The average Bonchev–Trinajstić information content (AvgIpc) is 3.51. The summed E-state index contributed by atoms with van der Waals surface area (Å²) in [5.41, 5.74) is 9.79. The van der Waals surface area contributed by atoms with Crippen molar-refractivity contribution in [3.05, 3.63) is 181 Å². The van der Waals surface area contributed by atoms with Crippen LogP contribution in [0.5, 0.6) is 0 Å². The van der Waals surface area contributed by atoms with Gasteiger partial charge in [0.15, 0.2) is 0 Å². The highest BCUT2D eigenvalue weighted by atomic mass is 35.5. The molecule has 0 saturated heterocycles. The molecule has 0 fully saturated rings. The van der Waals surface area contributed by atoms with Gasteiger partial charge in [0.05, 0.1) is 28.1 Å². The van der Waals surface area contributed by atoms with E-state index in [2.05, 4.69) is 174 Å². The minimum Gasteiger partial charge on any atom is -0.309 e. The van der Waals surface area contributed by atoms with Crippen molar-refractivity contribution in [3.63, 3.8) is 0 Å². The maximum Gasteiger partial charge on any atom is 0.0730 e. The van der Waals surface area contributed by atoms with Crippen molar-refractivity contribution >= 4 is 65.7 Å². The predicted molar refractivity (Wildman–Crippen MR) is 212 cm³/mol. The Kier molecular flexibility index (Phi) is 6.58. The Morgan fingerprint density at radius 1 is 0.340 bits per heavy atom. The maximum absolute atomic E-state index is 6.61. The fourth-order valence-corrected chi connectivity index (χ4v) is 7.86. The minimum atomic E-state index is 0.740. The fourth-order valence-electron chi connectivity index (χ4n) is 7.69. The second-order valence-corrected chi connectivity index (χ2v) is 13.3. The van der Waals surface area contributed by atoms with Crippen LogP contribution in [0.2, 0.25) is 5.02 Å². The molecule has 10 rings (SSSR count). The summed E-state index contributed by atoms with van der Waals surface area (Å²) in [4.78, 5) is 5.21. The molecule has 0 radical (unpaired) electrons. The third-order valence-corrected chi connectivity index (χ3v) is 10.2. The molecule has 3 heteroatoms. The van der Waals surface area contributed by atoms with Crippen LogP contribution in [0.15, 0.2) is 176 Å². The van der Waals surface area contributed by atoms with Crippen molar-refractivity contribution in [2.45, 2.75) is 0 Å². The maximum atomic E-state index is 6.61. The van der Waals surface area contributed by atoms with Crippen molar-refractivity contribution in [2.24, 2.45) is 0 Å². The number of pyridine rings is 1. The molecule has 234 valence electrons. The van der Waals surface area contributed by atoms with Gasteiger partial charge in [-0.3, -0.25) is 0 Å². The molecule has 0 aliphatic rings. The molecule has 2 aromatic heterocycles. The Balaban J connectivity index is 1.36. The first-order valence-electron chi connectivity index (χ1n) is 16.9. The predicted octanol–water partition coefficient (Wildman–Crippen LogP) is 13.3.